The summed E-state index contributed by atoms with van der Waals surface area (Å²) < 4.78 is 9.90. The van der Waals surface area contributed by atoms with Gasteiger partial charge < -0.3 is 9.47 Å². The first kappa shape index (κ1) is 12.2. The molecule has 0 fully saturated rings. The van der Waals surface area contributed by atoms with Gasteiger partial charge in [0.05, 0.1) is 0 Å². The molecule has 0 saturated heterocycles. The van der Waals surface area contributed by atoms with E-state index < -0.39 is 0 Å². The van der Waals surface area contributed by atoms with Crippen LogP contribution in [0, 0.1) is 6.92 Å². The second kappa shape index (κ2) is 8.52. The molecule has 0 aliphatic rings. The van der Waals surface area contributed by atoms with Crippen LogP contribution in [-0.2, 0) is 9.47 Å². The SMILES string of the molecule is [CH2-]C(OCC)OCC.[Li+]. The zero-order valence-electron chi connectivity index (χ0n) is 6.52. The van der Waals surface area contributed by atoms with E-state index in [1.54, 1.807) is 0 Å². The van der Waals surface area contributed by atoms with Crippen molar-refractivity contribution in [3.05, 3.63) is 6.92 Å². The number of ether oxygens (including phenoxy) is 2. The van der Waals surface area contributed by atoms with Gasteiger partial charge in [-0.05, 0) is 13.8 Å². The zero-order chi connectivity index (χ0) is 6.41. The third-order valence-electron chi connectivity index (χ3n) is 0.705. The van der Waals surface area contributed by atoms with E-state index in [9.17, 15) is 0 Å². The van der Waals surface area contributed by atoms with Crippen LogP contribution in [0.15, 0.2) is 0 Å². The predicted molar refractivity (Wildman–Crippen MR) is 32.4 cm³/mol. The van der Waals surface area contributed by atoms with Gasteiger partial charge in [-0.15, -0.1) is 0 Å². The Hall–Kier alpha value is 0.517. The molecular weight excluding hydrogens is 111 g/mol. The standard InChI is InChI=1S/C6H13O2.Li/c1-4-7-6(3)8-5-2;/h6H,3-5H2,1-2H3;/q-1;+1. The average Bonchev–Trinajstić information content (AvgIpc) is 1.68. The van der Waals surface area contributed by atoms with Crippen molar-refractivity contribution in [2.75, 3.05) is 13.2 Å². The van der Waals surface area contributed by atoms with Crippen molar-refractivity contribution in [3.8, 4) is 0 Å². The largest absolute Gasteiger partial charge is 1.00 e. The van der Waals surface area contributed by atoms with Crippen LogP contribution in [0.3, 0.4) is 0 Å². The van der Waals surface area contributed by atoms with Gasteiger partial charge in [-0.2, -0.15) is 0 Å². The van der Waals surface area contributed by atoms with Gasteiger partial charge in [0.2, 0.25) is 0 Å². The van der Waals surface area contributed by atoms with Gasteiger partial charge >= 0.3 is 18.9 Å². The van der Waals surface area contributed by atoms with Gasteiger partial charge in [0.15, 0.2) is 0 Å². The fourth-order valence-electron chi connectivity index (χ4n) is 0.420. The van der Waals surface area contributed by atoms with Crippen LogP contribution in [0.25, 0.3) is 0 Å². The number of hydrogen-bond acceptors (Lipinski definition) is 2. The van der Waals surface area contributed by atoms with Crippen LogP contribution in [-0.4, -0.2) is 19.5 Å². The van der Waals surface area contributed by atoms with Crippen molar-refractivity contribution < 1.29 is 28.3 Å². The molecule has 0 aromatic heterocycles. The molecule has 0 aromatic carbocycles. The van der Waals surface area contributed by atoms with Crippen LogP contribution in [0.2, 0.25) is 0 Å². The summed E-state index contributed by atoms with van der Waals surface area (Å²) in [5.74, 6) is 0. The molecule has 0 aliphatic heterocycles. The van der Waals surface area contributed by atoms with E-state index in [4.69, 9.17) is 9.47 Å². The zero-order valence-corrected chi connectivity index (χ0v) is 6.52. The fraction of sp³-hybridized carbons (Fsp3) is 0.833. The monoisotopic (exact) mass is 124 g/mol. The van der Waals surface area contributed by atoms with Crippen LogP contribution in [0.4, 0.5) is 0 Å². The molecule has 0 saturated carbocycles. The molecule has 0 N–H and O–H groups in total. The topological polar surface area (TPSA) is 18.5 Å². The Morgan fingerprint density at radius 1 is 1.22 bits per heavy atom. The number of hydrogen-bond donors (Lipinski definition) is 0. The molecule has 9 heavy (non-hydrogen) atoms. The smallest absolute Gasteiger partial charge is 0.384 e. The summed E-state index contributed by atoms with van der Waals surface area (Å²) in [5, 5.41) is 0. The third-order valence-corrected chi connectivity index (χ3v) is 0.705. The summed E-state index contributed by atoms with van der Waals surface area (Å²) >= 11 is 0. The molecule has 0 heterocycles. The van der Waals surface area contributed by atoms with Crippen molar-refractivity contribution in [2.24, 2.45) is 0 Å². The summed E-state index contributed by atoms with van der Waals surface area (Å²) in [4.78, 5) is 0. The van der Waals surface area contributed by atoms with Gasteiger partial charge in [-0.1, -0.05) is 0 Å². The number of rotatable bonds is 4. The first-order valence-electron chi connectivity index (χ1n) is 2.87. The maximum absolute atomic E-state index is 4.95. The Kier molecular flexibility index (Phi) is 11.6. The quantitative estimate of drug-likeness (QED) is 0.251. The van der Waals surface area contributed by atoms with Gasteiger partial charge in [0.25, 0.3) is 0 Å². The van der Waals surface area contributed by atoms with E-state index in [0.29, 0.717) is 13.2 Å². The Bertz CT molecular complexity index is 44.3. The molecule has 0 atom stereocenters. The maximum Gasteiger partial charge on any atom is 1.00 e. The molecule has 0 spiro atoms. The van der Waals surface area contributed by atoms with E-state index in [2.05, 4.69) is 6.92 Å². The van der Waals surface area contributed by atoms with Gasteiger partial charge in [-0.25, -0.2) is 0 Å². The first-order chi connectivity index (χ1) is 3.81. The Balaban J connectivity index is 0. The molecule has 0 rings (SSSR count). The minimum Gasteiger partial charge on any atom is -0.384 e. The third kappa shape index (κ3) is 8.52. The molecule has 0 radical (unpaired) electrons. The van der Waals surface area contributed by atoms with Crippen molar-refractivity contribution in [1.29, 1.82) is 0 Å². The van der Waals surface area contributed by atoms with Crippen LogP contribution >= 0.6 is 0 Å². The average molecular weight is 124 g/mol. The Labute approximate surface area is 69.1 Å². The second-order valence-corrected chi connectivity index (χ2v) is 1.34. The molecular formula is C6H13LiO2. The molecule has 0 unspecified atom stereocenters. The summed E-state index contributed by atoms with van der Waals surface area (Å²) in [7, 11) is 0. The van der Waals surface area contributed by atoms with Crippen molar-refractivity contribution >= 4 is 0 Å². The van der Waals surface area contributed by atoms with Crippen LogP contribution in [0.1, 0.15) is 13.8 Å². The fourth-order valence-corrected chi connectivity index (χ4v) is 0.420. The maximum atomic E-state index is 4.95. The Morgan fingerprint density at radius 2 is 1.56 bits per heavy atom. The molecule has 2 nitrogen and oxygen atoms in total. The first-order valence-corrected chi connectivity index (χ1v) is 2.87. The summed E-state index contributed by atoms with van der Waals surface area (Å²) in [5.41, 5.74) is 0. The van der Waals surface area contributed by atoms with E-state index in [1.165, 1.54) is 0 Å². The van der Waals surface area contributed by atoms with E-state index in [0.717, 1.165) is 0 Å². The summed E-state index contributed by atoms with van der Waals surface area (Å²) in [6, 6.07) is 0. The second-order valence-electron chi connectivity index (χ2n) is 1.34. The van der Waals surface area contributed by atoms with Gasteiger partial charge in [0, 0.05) is 19.5 Å². The molecule has 3 heteroatoms. The van der Waals surface area contributed by atoms with Gasteiger partial charge in [-0.3, -0.25) is 6.92 Å². The molecule has 50 valence electrons. The van der Waals surface area contributed by atoms with Crippen LogP contribution < -0.4 is 18.9 Å². The van der Waals surface area contributed by atoms with Gasteiger partial charge in [0.1, 0.15) is 0 Å². The molecule has 0 bridgehead atoms. The van der Waals surface area contributed by atoms with E-state index in [-0.39, 0.29) is 25.2 Å². The van der Waals surface area contributed by atoms with Crippen molar-refractivity contribution in [3.63, 3.8) is 0 Å². The van der Waals surface area contributed by atoms with E-state index in [1.807, 2.05) is 13.8 Å². The minimum absolute atomic E-state index is 0. The minimum atomic E-state index is -0.287. The van der Waals surface area contributed by atoms with E-state index >= 15 is 0 Å². The summed E-state index contributed by atoms with van der Waals surface area (Å²) in [6.07, 6.45) is -0.287. The van der Waals surface area contributed by atoms with Crippen molar-refractivity contribution in [1.82, 2.24) is 0 Å². The molecule has 0 amide bonds. The molecule has 0 aromatic rings. The molecule has 0 aliphatic carbocycles. The summed E-state index contributed by atoms with van der Waals surface area (Å²) in [6.45, 7) is 8.72. The predicted octanol–water partition coefficient (Wildman–Crippen LogP) is -1.78. The van der Waals surface area contributed by atoms with Crippen molar-refractivity contribution in [2.45, 2.75) is 20.1 Å². The normalized spacial score (nSPS) is 9.33. The Morgan fingerprint density at radius 3 is 1.78 bits per heavy atom. The van der Waals surface area contributed by atoms with Crippen LogP contribution in [0.5, 0.6) is 0 Å².